The molecule has 0 amide bonds. The van der Waals surface area contributed by atoms with Gasteiger partial charge >= 0.3 is 0 Å². The van der Waals surface area contributed by atoms with Crippen LogP contribution in [0.4, 0.5) is 0 Å². The summed E-state index contributed by atoms with van der Waals surface area (Å²) < 4.78 is 5.65. The summed E-state index contributed by atoms with van der Waals surface area (Å²) in [5.74, 6) is -0.964. The lowest BCUT2D eigenvalue weighted by atomic mass is 9.96. The number of rotatable bonds is 5. The van der Waals surface area contributed by atoms with Crippen LogP contribution in [0.3, 0.4) is 0 Å². The summed E-state index contributed by atoms with van der Waals surface area (Å²) in [6, 6.07) is 8.46. The summed E-state index contributed by atoms with van der Waals surface area (Å²) in [6.07, 6.45) is -1.14. The molecule has 0 aliphatic carbocycles. The molecular formula is C20H20O7. The number of hydrogen-bond donors (Lipinski definition) is 5. The molecule has 0 aliphatic heterocycles. The van der Waals surface area contributed by atoms with Crippen LogP contribution < -0.4 is 5.43 Å². The van der Waals surface area contributed by atoms with Crippen molar-refractivity contribution >= 4 is 11.0 Å². The molecule has 1 unspecified atom stereocenters. The third kappa shape index (κ3) is 3.60. The SMILES string of the molecule is CC(CO)[C@@H](O)Cc1c(O)cc2oc(-c3ccc(O)cc3)cc(=O)c2c1O. The average Bonchev–Trinajstić information content (AvgIpc) is 2.64. The first kappa shape index (κ1) is 18.8. The zero-order valence-electron chi connectivity index (χ0n) is 14.6. The van der Waals surface area contributed by atoms with Crippen molar-refractivity contribution in [2.75, 3.05) is 6.61 Å². The van der Waals surface area contributed by atoms with E-state index in [1.165, 1.54) is 24.3 Å². The van der Waals surface area contributed by atoms with Crippen LogP contribution in [0.25, 0.3) is 22.3 Å². The van der Waals surface area contributed by atoms with Crippen LogP contribution in [0.5, 0.6) is 17.2 Å². The maximum absolute atomic E-state index is 12.5. The van der Waals surface area contributed by atoms with E-state index in [2.05, 4.69) is 0 Å². The first-order valence-electron chi connectivity index (χ1n) is 8.41. The van der Waals surface area contributed by atoms with E-state index in [0.29, 0.717) is 5.56 Å². The minimum atomic E-state index is -1.01. The van der Waals surface area contributed by atoms with Gasteiger partial charge in [-0.05, 0) is 24.3 Å². The average molecular weight is 372 g/mol. The first-order chi connectivity index (χ1) is 12.8. The van der Waals surface area contributed by atoms with Crippen molar-refractivity contribution in [3.8, 4) is 28.6 Å². The fraction of sp³-hybridized carbons (Fsp3) is 0.250. The van der Waals surface area contributed by atoms with Gasteiger partial charge in [0.2, 0.25) is 0 Å². The van der Waals surface area contributed by atoms with E-state index in [9.17, 15) is 25.2 Å². The number of benzene rings is 2. The maximum atomic E-state index is 12.5. The Labute approximate surface area is 154 Å². The van der Waals surface area contributed by atoms with Gasteiger partial charge in [-0.3, -0.25) is 4.79 Å². The van der Waals surface area contributed by atoms with E-state index in [4.69, 9.17) is 9.52 Å². The van der Waals surface area contributed by atoms with Gasteiger partial charge in [0, 0.05) is 42.2 Å². The molecule has 3 rings (SSSR count). The topological polar surface area (TPSA) is 131 Å². The lowest BCUT2D eigenvalue weighted by Gasteiger charge is -2.18. The second-order valence-electron chi connectivity index (χ2n) is 6.55. The van der Waals surface area contributed by atoms with E-state index >= 15 is 0 Å². The highest BCUT2D eigenvalue weighted by Crippen LogP contribution is 2.37. The molecule has 27 heavy (non-hydrogen) atoms. The van der Waals surface area contributed by atoms with E-state index < -0.39 is 23.2 Å². The van der Waals surface area contributed by atoms with E-state index in [0.717, 1.165) is 0 Å². The molecular weight excluding hydrogens is 352 g/mol. The molecule has 3 aromatic rings. The number of phenolic OH excluding ortho intramolecular Hbond substituents is 3. The normalized spacial score (nSPS) is 13.6. The Morgan fingerprint density at radius 1 is 1.07 bits per heavy atom. The third-order valence-electron chi connectivity index (χ3n) is 4.58. The maximum Gasteiger partial charge on any atom is 0.197 e. The number of fused-ring (bicyclic) bond motifs is 1. The van der Waals surface area contributed by atoms with Crippen molar-refractivity contribution < 1.29 is 29.9 Å². The summed E-state index contributed by atoms with van der Waals surface area (Å²) in [5, 5.41) is 49.2. The molecule has 0 fully saturated rings. The largest absolute Gasteiger partial charge is 0.508 e. The highest BCUT2D eigenvalue weighted by atomic mass is 16.3. The molecule has 0 spiro atoms. The quantitative estimate of drug-likeness (QED) is 0.463. The molecule has 2 atom stereocenters. The van der Waals surface area contributed by atoms with E-state index in [1.54, 1.807) is 19.1 Å². The third-order valence-corrected chi connectivity index (χ3v) is 4.58. The Hall–Kier alpha value is -3.03. The number of aliphatic hydroxyl groups is 2. The smallest absolute Gasteiger partial charge is 0.197 e. The molecule has 0 saturated heterocycles. The van der Waals surface area contributed by atoms with Crippen LogP contribution in [-0.2, 0) is 6.42 Å². The number of hydrogen-bond acceptors (Lipinski definition) is 7. The molecule has 1 heterocycles. The second-order valence-corrected chi connectivity index (χ2v) is 6.55. The van der Waals surface area contributed by atoms with Crippen molar-refractivity contribution in [3.05, 3.63) is 52.2 Å². The minimum absolute atomic E-state index is 0.00554. The van der Waals surface area contributed by atoms with E-state index in [1.807, 2.05) is 0 Å². The summed E-state index contributed by atoms with van der Waals surface area (Å²) in [4.78, 5) is 12.5. The predicted molar refractivity (Wildman–Crippen MR) is 98.9 cm³/mol. The van der Waals surface area contributed by atoms with Gasteiger partial charge in [-0.15, -0.1) is 0 Å². The second kappa shape index (κ2) is 7.30. The van der Waals surface area contributed by atoms with Crippen molar-refractivity contribution in [2.24, 2.45) is 5.92 Å². The van der Waals surface area contributed by atoms with Crippen molar-refractivity contribution in [3.63, 3.8) is 0 Å². The molecule has 7 nitrogen and oxygen atoms in total. The van der Waals surface area contributed by atoms with Crippen LogP contribution in [0.1, 0.15) is 12.5 Å². The Morgan fingerprint density at radius 3 is 2.37 bits per heavy atom. The lowest BCUT2D eigenvalue weighted by molar-refractivity contribution is 0.0765. The Morgan fingerprint density at radius 2 is 1.74 bits per heavy atom. The molecule has 2 aromatic carbocycles. The van der Waals surface area contributed by atoms with Gasteiger partial charge in [0.15, 0.2) is 5.43 Å². The van der Waals surface area contributed by atoms with Crippen LogP contribution in [0.2, 0.25) is 0 Å². The van der Waals surface area contributed by atoms with Gasteiger partial charge in [0.1, 0.15) is 34.0 Å². The van der Waals surface area contributed by atoms with Crippen LogP contribution >= 0.6 is 0 Å². The fourth-order valence-corrected chi connectivity index (χ4v) is 2.83. The standard InChI is InChI=1S/C20H20O7/c1-10(9-21)14(23)6-13-15(24)7-18-19(20(13)26)16(25)8-17(27-18)11-2-4-12(22)5-3-11/h2-5,7-8,10,14,21-24,26H,6,9H2,1H3/t10?,14-/m0/s1. The van der Waals surface area contributed by atoms with Gasteiger partial charge < -0.3 is 29.9 Å². The predicted octanol–water partition coefficient (Wildman–Crippen LogP) is 2.11. The van der Waals surface area contributed by atoms with Gasteiger partial charge in [0.25, 0.3) is 0 Å². The van der Waals surface area contributed by atoms with Gasteiger partial charge in [-0.1, -0.05) is 6.92 Å². The monoisotopic (exact) mass is 372 g/mol. The van der Waals surface area contributed by atoms with Crippen LogP contribution in [0.15, 0.2) is 45.6 Å². The van der Waals surface area contributed by atoms with Crippen LogP contribution in [-0.4, -0.2) is 38.2 Å². The number of aromatic hydroxyl groups is 3. The molecule has 142 valence electrons. The fourth-order valence-electron chi connectivity index (χ4n) is 2.83. The highest BCUT2D eigenvalue weighted by molar-refractivity contribution is 5.88. The highest BCUT2D eigenvalue weighted by Gasteiger charge is 2.22. The zero-order valence-corrected chi connectivity index (χ0v) is 14.6. The Balaban J connectivity index is 2.11. The van der Waals surface area contributed by atoms with Crippen molar-refractivity contribution in [1.29, 1.82) is 0 Å². The lowest BCUT2D eigenvalue weighted by Crippen LogP contribution is -2.23. The Bertz CT molecular complexity index is 1020. The summed E-state index contributed by atoms with van der Waals surface area (Å²) >= 11 is 0. The molecule has 0 saturated carbocycles. The summed E-state index contributed by atoms with van der Waals surface area (Å²) in [7, 11) is 0. The van der Waals surface area contributed by atoms with Gasteiger partial charge in [0.05, 0.1) is 6.10 Å². The summed E-state index contributed by atoms with van der Waals surface area (Å²) in [6.45, 7) is 1.37. The molecule has 0 radical (unpaired) electrons. The summed E-state index contributed by atoms with van der Waals surface area (Å²) in [5.41, 5.74) is 0.0406. The number of aliphatic hydroxyl groups excluding tert-OH is 2. The zero-order chi connectivity index (χ0) is 19.7. The molecule has 1 aromatic heterocycles. The molecule has 5 N–H and O–H groups in total. The minimum Gasteiger partial charge on any atom is -0.508 e. The molecule has 7 heteroatoms. The molecule has 0 bridgehead atoms. The Kier molecular flexibility index (Phi) is 5.07. The van der Waals surface area contributed by atoms with Gasteiger partial charge in [-0.25, -0.2) is 0 Å². The van der Waals surface area contributed by atoms with Gasteiger partial charge in [-0.2, -0.15) is 0 Å². The van der Waals surface area contributed by atoms with E-state index in [-0.39, 0.29) is 46.8 Å². The molecule has 0 aliphatic rings. The van der Waals surface area contributed by atoms with Crippen LogP contribution in [0, 0.1) is 5.92 Å². The van der Waals surface area contributed by atoms with Crippen molar-refractivity contribution in [1.82, 2.24) is 0 Å². The first-order valence-corrected chi connectivity index (χ1v) is 8.41. The van der Waals surface area contributed by atoms with Crippen molar-refractivity contribution in [2.45, 2.75) is 19.4 Å². The number of phenols is 3.